The maximum atomic E-state index is 5.22. The molecule has 0 saturated heterocycles. The molecule has 1 N–H and O–H groups in total. The Kier molecular flexibility index (Phi) is 5.09. The molecule has 112 valence electrons. The quantitative estimate of drug-likeness (QED) is 0.804. The summed E-state index contributed by atoms with van der Waals surface area (Å²) in [5, 5.41) is 3.81. The third-order valence-electron chi connectivity index (χ3n) is 4.68. The fourth-order valence-corrected chi connectivity index (χ4v) is 3.17. The van der Waals surface area contributed by atoms with Crippen LogP contribution in [-0.2, 0) is 0 Å². The Morgan fingerprint density at radius 1 is 1.15 bits per heavy atom. The second-order valence-corrected chi connectivity index (χ2v) is 6.95. The van der Waals surface area contributed by atoms with Crippen molar-refractivity contribution in [3.8, 4) is 5.75 Å². The van der Waals surface area contributed by atoms with E-state index in [1.807, 2.05) is 12.1 Å². The molecule has 0 radical (unpaired) electrons. The van der Waals surface area contributed by atoms with E-state index in [-0.39, 0.29) is 0 Å². The molecule has 1 fully saturated rings. The third kappa shape index (κ3) is 4.24. The number of rotatable bonds is 4. The monoisotopic (exact) mass is 275 g/mol. The third-order valence-corrected chi connectivity index (χ3v) is 4.68. The molecule has 0 aliphatic heterocycles. The predicted molar refractivity (Wildman–Crippen MR) is 85.2 cm³/mol. The molecule has 1 aliphatic carbocycles. The maximum Gasteiger partial charge on any atom is 0.118 e. The summed E-state index contributed by atoms with van der Waals surface area (Å²) in [5.41, 5.74) is 1.87. The van der Waals surface area contributed by atoms with Crippen LogP contribution in [0.25, 0.3) is 0 Å². The summed E-state index contributed by atoms with van der Waals surface area (Å²) >= 11 is 0. The Balaban J connectivity index is 1.91. The normalized spacial score (nSPS) is 23.9. The molecular formula is C18H29NO. The molecule has 1 aliphatic rings. The largest absolute Gasteiger partial charge is 0.497 e. The molecule has 1 aromatic rings. The van der Waals surface area contributed by atoms with Crippen LogP contribution < -0.4 is 10.1 Å². The molecule has 1 saturated carbocycles. The van der Waals surface area contributed by atoms with Crippen LogP contribution in [0.4, 0.5) is 0 Å². The van der Waals surface area contributed by atoms with Gasteiger partial charge in [-0.2, -0.15) is 0 Å². The van der Waals surface area contributed by atoms with Crippen molar-refractivity contribution in [1.29, 1.82) is 0 Å². The van der Waals surface area contributed by atoms with Crippen LogP contribution in [0.5, 0.6) is 5.75 Å². The lowest BCUT2D eigenvalue weighted by molar-refractivity contribution is 0.307. The summed E-state index contributed by atoms with van der Waals surface area (Å²) in [6.45, 7) is 7.07. The molecule has 0 bridgehead atoms. The van der Waals surface area contributed by atoms with Gasteiger partial charge in [0.25, 0.3) is 0 Å². The average molecular weight is 275 g/mol. The van der Waals surface area contributed by atoms with E-state index < -0.39 is 0 Å². The molecule has 0 amide bonds. The molecule has 2 atom stereocenters. The van der Waals surface area contributed by atoms with Gasteiger partial charge < -0.3 is 10.1 Å². The fraction of sp³-hybridized carbons (Fsp3) is 0.667. The van der Waals surface area contributed by atoms with Crippen LogP contribution in [-0.4, -0.2) is 13.2 Å². The van der Waals surface area contributed by atoms with E-state index in [0.717, 1.165) is 5.75 Å². The minimum absolute atomic E-state index is 0.409. The van der Waals surface area contributed by atoms with Crippen molar-refractivity contribution in [2.45, 2.75) is 65.0 Å². The molecule has 0 spiro atoms. The van der Waals surface area contributed by atoms with E-state index in [9.17, 15) is 0 Å². The van der Waals surface area contributed by atoms with Crippen molar-refractivity contribution in [2.75, 3.05) is 7.11 Å². The lowest BCUT2D eigenvalue weighted by Gasteiger charge is -2.24. The second-order valence-electron chi connectivity index (χ2n) is 6.95. The average Bonchev–Trinajstić information content (AvgIpc) is 2.60. The lowest BCUT2D eigenvalue weighted by Crippen LogP contribution is -2.31. The Labute approximate surface area is 123 Å². The van der Waals surface area contributed by atoms with Crippen LogP contribution >= 0.6 is 0 Å². The first-order valence-electron chi connectivity index (χ1n) is 7.90. The summed E-state index contributed by atoms with van der Waals surface area (Å²) in [7, 11) is 1.71. The van der Waals surface area contributed by atoms with Crippen molar-refractivity contribution in [1.82, 2.24) is 5.32 Å². The molecule has 20 heavy (non-hydrogen) atoms. The van der Waals surface area contributed by atoms with E-state index in [2.05, 4.69) is 38.2 Å². The van der Waals surface area contributed by atoms with Crippen molar-refractivity contribution >= 4 is 0 Å². The first-order chi connectivity index (χ1) is 9.50. The number of methoxy groups -OCH3 is 1. The lowest BCUT2D eigenvalue weighted by atomic mass is 9.85. The summed E-state index contributed by atoms with van der Waals surface area (Å²) in [6.07, 6.45) is 6.65. The van der Waals surface area contributed by atoms with Gasteiger partial charge in [-0.25, -0.2) is 0 Å². The van der Waals surface area contributed by atoms with E-state index in [4.69, 9.17) is 4.74 Å². The zero-order valence-electron chi connectivity index (χ0n) is 13.4. The summed E-state index contributed by atoms with van der Waals surface area (Å²) in [5.74, 6) is 0.928. The standard InChI is InChI=1S/C18H29NO/c1-14(15-7-9-17(20-4)10-8-15)19-16-6-5-12-18(2,3)13-11-16/h7-10,14,16,19H,5-6,11-13H2,1-4H3/t14-,16?/m1/s1. The molecule has 2 nitrogen and oxygen atoms in total. The van der Waals surface area contributed by atoms with E-state index in [1.165, 1.54) is 37.7 Å². The van der Waals surface area contributed by atoms with Gasteiger partial charge in [-0.1, -0.05) is 32.4 Å². The highest BCUT2D eigenvalue weighted by Gasteiger charge is 2.25. The molecule has 1 aromatic carbocycles. The molecule has 1 unspecified atom stereocenters. The van der Waals surface area contributed by atoms with Crippen molar-refractivity contribution in [2.24, 2.45) is 5.41 Å². The number of ether oxygens (including phenoxy) is 1. The van der Waals surface area contributed by atoms with E-state index in [1.54, 1.807) is 7.11 Å². The van der Waals surface area contributed by atoms with Crippen LogP contribution in [0.15, 0.2) is 24.3 Å². The minimum atomic E-state index is 0.409. The second kappa shape index (κ2) is 6.62. The molecule has 0 heterocycles. The predicted octanol–water partition coefficient (Wildman–Crippen LogP) is 4.70. The fourth-order valence-electron chi connectivity index (χ4n) is 3.17. The van der Waals surface area contributed by atoms with Gasteiger partial charge in [0.1, 0.15) is 5.75 Å². The van der Waals surface area contributed by atoms with Gasteiger partial charge in [-0.05, 0) is 55.7 Å². The van der Waals surface area contributed by atoms with Gasteiger partial charge in [0.15, 0.2) is 0 Å². The van der Waals surface area contributed by atoms with Gasteiger partial charge in [-0.3, -0.25) is 0 Å². The highest BCUT2D eigenvalue weighted by atomic mass is 16.5. The minimum Gasteiger partial charge on any atom is -0.497 e. The van der Waals surface area contributed by atoms with E-state index >= 15 is 0 Å². The highest BCUT2D eigenvalue weighted by Crippen LogP contribution is 2.34. The van der Waals surface area contributed by atoms with Gasteiger partial charge in [-0.15, -0.1) is 0 Å². The Hall–Kier alpha value is -1.02. The zero-order valence-corrected chi connectivity index (χ0v) is 13.4. The van der Waals surface area contributed by atoms with Crippen molar-refractivity contribution in [3.05, 3.63) is 29.8 Å². The Morgan fingerprint density at radius 3 is 2.50 bits per heavy atom. The molecule has 2 rings (SSSR count). The summed E-state index contributed by atoms with van der Waals surface area (Å²) in [6, 6.07) is 9.49. The smallest absolute Gasteiger partial charge is 0.118 e. The maximum absolute atomic E-state index is 5.22. The Morgan fingerprint density at radius 2 is 1.85 bits per heavy atom. The first-order valence-corrected chi connectivity index (χ1v) is 7.90. The van der Waals surface area contributed by atoms with Gasteiger partial charge in [0, 0.05) is 12.1 Å². The van der Waals surface area contributed by atoms with Gasteiger partial charge in [0.2, 0.25) is 0 Å². The number of hydrogen-bond donors (Lipinski definition) is 1. The van der Waals surface area contributed by atoms with Gasteiger partial charge in [0.05, 0.1) is 7.11 Å². The van der Waals surface area contributed by atoms with Crippen LogP contribution in [0.1, 0.15) is 64.5 Å². The van der Waals surface area contributed by atoms with Crippen LogP contribution in [0.3, 0.4) is 0 Å². The first kappa shape index (κ1) is 15.4. The van der Waals surface area contributed by atoms with Crippen LogP contribution in [0, 0.1) is 5.41 Å². The van der Waals surface area contributed by atoms with Gasteiger partial charge >= 0.3 is 0 Å². The van der Waals surface area contributed by atoms with E-state index in [0.29, 0.717) is 17.5 Å². The topological polar surface area (TPSA) is 21.3 Å². The summed E-state index contributed by atoms with van der Waals surface area (Å²) < 4.78 is 5.22. The van der Waals surface area contributed by atoms with Crippen molar-refractivity contribution < 1.29 is 4.74 Å². The Bertz CT molecular complexity index is 410. The molecular weight excluding hydrogens is 246 g/mol. The molecule has 0 aromatic heterocycles. The SMILES string of the molecule is COc1ccc([C@@H](C)NC2CCCC(C)(C)CC2)cc1. The number of benzene rings is 1. The summed E-state index contributed by atoms with van der Waals surface area (Å²) in [4.78, 5) is 0. The number of nitrogens with one attached hydrogen (secondary N) is 1. The molecule has 2 heteroatoms. The zero-order chi connectivity index (χ0) is 14.6. The highest BCUT2D eigenvalue weighted by molar-refractivity contribution is 5.28. The van der Waals surface area contributed by atoms with Crippen LogP contribution in [0.2, 0.25) is 0 Å². The van der Waals surface area contributed by atoms with Crippen molar-refractivity contribution in [3.63, 3.8) is 0 Å². The number of hydrogen-bond acceptors (Lipinski definition) is 2.